The lowest BCUT2D eigenvalue weighted by Gasteiger charge is -2.20. The summed E-state index contributed by atoms with van der Waals surface area (Å²) < 4.78 is 1.32. The van der Waals surface area contributed by atoms with Crippen LogP contribution < -0.4 is 22.3 Å². The Balaban J connectivity index is 3.18. The number of rotatable bonds is 5. The molecule has 5 N–H and O–H groups in total. The van der Waals surface area contributed by atoms with Gasteiger partial charge in [0.05, 0.1) is 5.60 Å². The fourth-order valence-corrected chi connectivity index (χ4v) is 1.61. The van der Waals surface area contributed by atoms with Crippen molar-refractivity contribution >= 4 is 11.5 Å². The fourth-order valence-electron chi connectivity index (χ4n) is 1.61. The van der Waals surface area contributed by atoms with E-state index in [1.165, 1.54) is 4.57 Å². The third kappa shape index (κ3) is 4.13. The Hall–Kier alpha value is -1.76. The molecule has 0 spiro atoms. The van der Waals surface area contributed by atoms with Gasteiger partial charge in [0.2, 0.25) is 0 Å². The van der Waals surface area contributed by atoms with Crippen LogP contribution >= 0.6 is 0 Å². The van der Waals surface area contributed by atoms with Gasteiger partial charge in [0.1, 0.15) is 11.5 Å². The Morgan fingerprint density at radius 1 is 1.42 bits per heavy atom. The highest BCUT2D eigenvalue weighted by Crippen LogP contribution is 2.13. The van der Waals surface area contributed by atoms with Crippen molar-refractivity contribution in [3.63, 3.8) is 0 Å². The molecule has 0 aliphatic heterocycles. The Bertz CT molecular complexity index is 552. The van der Waals surface area contributed by atoms with Gasteiger partial charge >= 0.3 is 5.69 Å². The first-order chi connectivity index (χ1) is 8.61. The van der Waals surface area contributed by atoms with Crippen LogP contribution in [0, 0.1) is 5.92 Å². The highest BCUT2D eigenvalue weighted by Gasteiger charge is 2.17. The van der Waals surface area contributed by atoms with Crippen LogP contribution in [0.15, 0.2) is 9.59 Å². The van der Waals surface area contributed by atoms with Gasteiger partial charge < -0.3 is 16.2 Å². The van der Waals surface area contributed by atoms with Gasteiger partial charge in [-0.05, 0) is 19.8 Å². The van der Waals surface area contributed by atoms with E-state index in [1.54, 1.807) is 13.8 Å². The van der Waals surface area contributed by atoms with Crippen molar-refractivity contribution in [3.05, 3.63) is 20.8 Å². The molecule has 1 heterocycles. The number of nitrogen functional groups attached to an aromatic ring is 1. The number of nitrogens with two attached hydrogens (primary N) is 1. The first kappa shape index (κ1) is 15.3. The molecule has 0 aliphatic rings. The number of aromatic amines is 1. The normalized spacial score (nSPS) is 11.9. The molecule has 1 aromatic rings. The lowest BCUT2D eigenvalue weighted by Crippen LogP contribution is -2.37. The molecule has 1 rings (SSSR count). The maximum absolute atomic E-state index is 11.7. The Morgan fingerprint density at radius 2 is 2.00 bits per heavy atom. The van der Waals surface area contributed by atoms with Gasteiger partial charge in [-0.3, -0.25) is 14.3 Å². The molecule has 0 radical (unpaired) electrons. The van der Waals surface area contributed by atoms with E-state index in [0.29, 0.717) is 6.54 Å². The van der Waals surface area contributed by atoms with Gasteiger partial charge in [0, 0.05) is 13.1 Å². The molecule has 0 fully saturated rings. The smallest absolute Gasteiger partial charge is 0.330 e. The van der Waals surface area contributed by atoms with Crippen molar-refractivity contribution in [1.82, 2.24) is 9.55 Å². The van der Waals surface area contributed by atoms with Crippen molar-refractivity contribution < 1.29 is 5.11 Å². The molecule has 0 saturated carbocycles. The lowest BCUT2D eigenvalue weighted by molar-refractivity contribution is 0.0945. The maximum Gasteiger partial charge on any atom is 0.330 e. The molecular formula is C12H22N4O3. The maximum atomic E-state index is 11.7. The summed E-state index contributed by atoms with van der Waals surface area (Å²) in [6, 6.07) is 0. The van der Waals surface area contributed by atoms with Crippen LogP contribution in [0.25, 0.3) is 0 Å². The first-order valence-corrected chi connectivity index (χ1v) is 6.20. The number of hydrogen-bond acceptors (Lipinski definition) is 5. The van der Waals surface area contributed by atoms with Gasteiger partial charge in [-0.25, -0.2) is 4.79 Å². The third-order valence-electron chi connectivity index (χ3n) is 2.49. The standard InChI is InChI=1S/C12H22N4O3/c1-7(2)5-16-9(13)8(10(17)15-11(16)18)14-6-12(3,4)19/h7,14,19H,5-6,13H2,1-4H3,(H,15,17,18). The zero-order valence-electron chi connectivity index (χ0n) is 11.8. The molecule has 0 atom stereocenters. The van der Waals surface area contributed by atoms with Crippen molar-refractivity contribution in [3.8, 4) is 0 Å². The summed E-state index contributed by atoms with van der Waals surface area (Å²) in [7, 11) is 0. The molecule has 7 heteroatoms. The fraction of sp³-hybridized carbons (Fsp3) is 0.667. The Labute approximate surface area is 111 Å². The van der Waals surface area contributed by atoms with Gasteiger partial charge in [-0.15, -0.1) is 0 Å². The molecule has 1 aromatic heterocycles. The SMILES string of the molecule is CC(C)Cn1c(N)c(NCC(C)(C)O)c(=O)[nH]c1=O. The minimum atomic E-state index is -0.988. The number of H-pyrrole nitrogens is 1. The van der Waals surface area contributed by atoms with Gasteiger partial charge in [0.15, 0.2) is 0 Å². The van der Waals surface area contributed by atoms with Crippen LogP contribution in [0.5, 0.6) is 0 Å². The van der Waals surface area contributed by atoms with E-state index in [2.05, 4.69) is 10.3 Å². The largest absolute Gasteiger partial charge is 0.389 e. The summed E-state index contributed by atoms with van der Waals surface area (Å²) >= 11 is 0. The number of nitrogens with zero attached hydrogens (tertiary/aromatic N) is 1. The van der Waals surface area contributed by atoms with E-state index in [-0.39, 0.29) is 24.0 Å². The summed E-state index contributed by atoms with van der Waals surface area (Å²) in [6.45, 7) is 7.67. The van der Waals surface area contributed by atoms with Crippen molar-refractivity contribution in [2.24, 2.45) is 5.92 Å². The highest BCUT2D eigenvalue weighted by atomic mass is 16.3. The third-order valence-corrected chi connectivity index (χ3v) is 2.49. The summed E-state index contributed by atoms with van der Waals surface area (Å²) in [5.74, 6) is 0.305. The second-order valence-electron chi connectivity index (χ2n) is 5.69. The molecule has 7 nitrogen and oxygen atoms in total. The molecule has 0 aliphatic carbocycles. The number of aromatic nitrogens is 2. The number of aliphatic hydroxyl groups is 1. The summed E-state index contributed by atoms with van der Waals surface area (Å²) in [4.78, 5) is 25.6. The van der Waals surface area contributed by atoms with E-state index < -0.39 is 16.9 Å². The molecule has 19 heavy (non-hydrogen) atoms. The van der Waals surface area contributed by atoms with E-state index in [0.717, 1.165) is 0 Å². The molecule has 0 bridgehead atoms. The molecule has 0 amide bonds. The highest BCUT2D eigenvalue weighted by molar-refractivity contribution is 5.60. The molecular weight excluding hydrogens is 248 g/mol. The quantitative estimate of drug-likeness (QED) is 0.599. The van der Waals surface area contributed by atoms with E-state index in [1.807, 2.05) is 13.8 Å². The lowest BCUT2D eigenvalue weighted by atomic mass is 10.1. The predicted octanol–water partition coefficient (Wildman–Crippen LogP) is -0.0424. The summed E-state index contributed by atoms with van der Waals surface area (Å²) in [6.07, 6.45) is 0. The van der Waals surface area contributed by atoms with Crippen LogP contribution in [-0.2, 0) is 6.54 Å². The van der Waals surface area contributed by atoms with Crippen molar-refractivity contribution in [1.29, 1.82) is 0 Å². The van der Waals surface area contributed by atoms with E-state index >= 15 is 0 Å². The van der Waals surface area contributed by atoms with Gasteiger partial charge in [0.25, 0.3) is 5.56 Å². The van der Waals surface area contributed by atoms with E-state index in [4.69, 9.17) is 5.73 Å². The van der Waals surface area contributed by atoms with Crippen molar-refractivity contribution in [2.45, 2.75) is 39.8 Å². The minimum Gasteiger partial charge on any atom is -0.389 e. The second kappa shape index (κ2) is 5.48. The number of anilines is 2. The molecule has 108 valence electrons. The van der Waals surface area contributed by atoms with Crippen LogP contribution in [0.1, 0.15) is 27.7 Å². The van der Waals surface area contributed by atoms with Gasteiger partial charge in [-0.1, -0.05) is 13.8 Å². The molecule has 0 unspecified atom stereocenters. The number of hydrogen-bond donors (Lipinski definition) is 4. The average Bonchev–Trinajstić information content (AvgIpc) is 2.21. The summed E-state index contributed by atoms with van der Waals surface area (Å²) in [5.41, 5.74) is 3.89. The number of nitrogens with one attached hydrogen (secondary N) is 2. The minimum absolute atomic E-state index is 0.0895. The first-order valence-electron chi connectivity index (χ1n) is 6.20. The zero-order chi connectivity index (χ0) is 14.8. The van der Waals surface area contributed by atoms with Crippen LogP contribution in [0.3, 0.4) is 0 Å². The Morgan fingerprint density at radius 3 is 2.47 bits per heavy atom. The van der Waals surface area contributed by atoms with Crippen molar-refractivity contribution in [2.75, 3.05) is 17.6 Å². The molecule has 0 aromatic carbocycles. The monoisotopic (exact) mass is 270 g/mol. The van der Waals surface area contributed by atoms with Crippen LogP contribution in [0.2, 0.25) is 0 Å². The topological polar surface area (TPSA) is 113 Å². The van der Waals surface area contributed by atoms with Crippen LogP contribution in [0.4, 0.5) is 11.5 Å². The van der Waals surface area contributed by atoms with Crippen LogP contribution in [-0.4, -0.2) is 26.8 Å². The second-order valence-corrected chi connectivity index (χ2v) is 5.69. The summed E-state index contributed by atoms with van der Waals surface area (Å²) in [5, 5.41) is 12.4. The zero-order valence-corrected chi connectivity index (χ0v) is 11.8. The van der Waals surface area contributed by atoms with Gasteiger partial charge in [-0.2, -0.15) is 0 Å². The Kier molecular flexibility index (Phi) is 4.41. The molecule has 0 saturated heterocycles. The average molecular weight is 270 g/mol. The predicted molar refractivity (Wildman–Crippen MR) is 75.4 cm³/mol. The van der Waals surface area contributed by atoms with E-state index in [9.17, 15) is 14.7 Å².